The molecular weight excluding hydrogens is 226 g/mol. The van der Waals surface area contributed by atoms with E-state index >= 15 is 0 Å². The monoisotopic (exact) mass is 241 g/mol. The van der Waals surface area contributed by atoms with E-state index in [-0.39, 0.29) is 5.88 Å². The Morgan fingerprint density at radius 3 is 2.69 bits per heavy atom. The molecule has 16 heavy (non-hydrogen) atoms. The maximum Gasteiger partial charge on any atom is 0.146 e. The molecular formula is C11H16ClN3O. The number of nitrogens with two attached hydrogens (primary N) is 1. The van der Waals surface area contributed by atoms with Crippen LogP contribution in [0.15, 0.2) is 23.2 Å². The van der Waals surface area contributed by atoms with Gasteiger partial charge in [-0.25, -0.2) is 4.99 Å². The van der Waals surface area contributed by atoms with E-state index in [2.05, 4.69) is 4.99 Å². The summed E-state index contributed by atoms with van der Waals surface area (Å²) in [5, 5.41) is 0. The standard InChI is InChI=1S/C11H16ClN3O/c1-15(2)8-4-5-9(10(6-8)16-3)14-11(13)7-12/h4-6H,7H2,1-3H3,(H2,13,14). The van der Waals surface area contributed by atoms with Crippen molar-refractivity contribution in [2.75, 3.05) is 32.0 Å². The van der Waals surface area contributed by atoms with Crippen LogP contribution >= 0.6 is 11.6 Å². The zero-order chi connectivity index (χ0) is 12.1. The molecule has 0 heterocycles. The van der Waals surface area contributed by atoms with Crippen molar-refractivity contribution in [3.05, 3.63) is 18.2 Å². The molecule has 0 fully saturated rings. The van der Waals surface area contributed by atoms with Crippen LogP contribution in [0, 0.1) is 0 Å². The number of hydrogen-bond donors (Lipinski definition) is 1. The van der Waals surface area contributed by atoms with E-state index in [1.54, 1.807) is 7.11 Å². The highest BCUT2D eigenvalue weighted by Crippen LogP contribution is 2.31. The number of halogens is 1. The second-order valence-electron chi connectivity index (χ2n) is 3.49. The number of methoxy groups -OCH3 is 1. The van der Waals surface area contributed by atoms with Gasteiger partial charge in [0.1, 0.15) is 17.3 Å². The molecule has 1 aromatic rings. The smallest absolute Gasteiger partial charge is 0.146 e. The fourth-order valence-electron chi connectivity index (χ4n) is 1.22. The molecule has 88 valence electrons. The quantitative estimate of drug-likeness (QED) is 0.498. The highest BCUT2D eigenvalue weighted by molar-refractivity contribution is 6.28. The Morgan fingerprint density at radius 1 is 1.50 bits per heavy atom. The van der Waals surface area contributed by atoms with Gasteiger partial charge in [0.25, 0.3) is 0 Å². The first-order chi connectivity index (χ1) is 7.58. The summed E-state index contributed by atoms with van der Waals surface area (Å²) in [4.78, 5) is 6.15. The van der Waals surface area contributed by atoms with Crippen molar-refractivity contribution in [1.29, 1.82) is 0 Å². The molecule has 0 atom stereocenters. The summed E-state index contributed by atoms with van der Waals surface area (Å²) in [5.41, 5.74) is 7.31. The molecule has 1 aromatic carbocycles. The first kappa shape index (κ1) is 12.6. The van der Waals surface area contributed by atoms with Gasteiger partial charge in [-0.1, -0.05) is 0 Å². The predicted molar refractivity (Wildman–Crippen MR) is 69.3 cm³/mol. The fraction of sp³-hybridized carbons (Fsp3) is 0.364. The lowest BCUT2D eigenvalue weighted by atomic mass is 10.2. The van der Waals surface area contributed by atoms with Gasteiger partial charge in [-0.05, 0) is 12.1 Å². The van der Waals surface area contributed by atoms with Gasteiger partial charge in [-0.15, -0.1) is 11.6 Å². The van der Waals surface area contributed by atoms with Crippen LogP contribution < -0.4 is 15.4 Å². The SMILES string of the molecule is COc1cc(N(C)C)ccc1N=C(N)CCl. The van der Waals surface area contributed by atoms with Crippen molar-refractivity contribution in [3.63, 3.8) is 0 Å². The Labute approximate surface area is 101 Å². The topological polar surface area (TPSA) is 50.8 Å². The van der Waals surface area contributed by atoms with E-state index in [1.165, 1.54) is 0 Å². The molecule has 0 aliphatic carbocycles. The molecule has 0 saturated heterocycles. The normalized spacial score (nSPS) is 11.4. The average Bonchev–Trinajstić information content (AvgIpc) is 2.29. The highest BCUT2D eigenvalue weighted by atomic mass is 35.5. The van der Waals surface area contributed by atoms with Crippen LogP contribution in [0.25, 0.3) is 0 Å². The number of amidine groups is 1. The molecule has 5 heteroatoms. The largest absolute Gasteiger partial charge is 0.494 e. The summed E-state index contributed by atoms with van der Waals surface area (Å²) in [6, 6.07) is 5.71. The Balaban J connectivity index is 3.12. The second-order valence-corrected chi connectivity index (χ2v) is 3.75. The highest BCUT2D eigenvalue weighted by Gasteiger charge is 2.05. The summed E-state index contributed by atoms with van der Waals surface area (Å²) >= 11 is 5.57. The van der Waals surface area contributed by atoms with Gasteiger partial charge in [-0.3, -0.25) is 0 Å². The molecule has 0 spiro atoms. The minimum atomic E-state index is 0.207. The minimum absolute atomic E-state index is 0.207. The minimum Gasteiger partial charge on any atom is -0.494 e. The van der Waals surface area contributed by atoms with Crippen LogP contribution in [0.3, 0.4) is 0 Å². The van der Waals surface area contributed by atoms with Crippen LogP contribution in [-0.4, -0.2) is 32.9 Å². The summed E-state index contributed by atoms with van der Waals surface area (Å²) < 4.78 is 5.25. The number of benzene rings is 1. The molecule has 0 aromatic heterocycles. The molecule has 2 N–H and O–H groups in total. The lowest BCUT2D eigenvalue weighted by molar-refractivity contribution is 0.416. The van der Waals surface area contributed by atoms with Gasteiger partial charge in [0, 0.05) is 25.8 Å². The van der Waals surface area contributed by atoms with Gasteiger partial charge in [-0.2, -0.15) is 0 Å². The molecule has 0 saturated carbocycles. The average molecular weight is 242 g/mol. The number of hydrogen-bond acceptors (Lipinski definition) is 3. The summed E-state index contributed by atoms with van der Waals surface area (Å²) in [6.07, 6.45) is 0. The third-order valence-corrected chi connectivity index (χ3v) is 2.35. The Hall–Kier alpha value is -1.42. The maximum absolute atomic E-state index is 5.58. The van der Waals surface area contributed by atoms with E-state index in [9.17, 15) is 0 Å². The van der Waals surface area contributed by atoms with E-state index in [0.29, 0.717) is 17.3 Å². The van der Waals surface area contributed by atoms with Crippen molar-refractivity contribution in [2.24, 2.45) is 10.7 Å². The van der Waals surface area contributed by atoms with Crippen molar-refractivity contribution < 1.29 is 4.74 Å². The second kappa shape index (κ2) is 5.61. The van der Waals surface area contributed by atoms with Gasteiger partial charge in [0.2, 0.25) is 0 Å². The zero-order valence-electron chi connectivity index (χ0n) is 9.70. The van der Waals surface area contributed by atoms with Crippen molar-refractivity contribution in [3.8, 4) is 5.75 Å². The summed E-state index contributed by atoms with van der Waals surface area (Å²) in [6.45, 7) is 0. The number of nitrogens with zero attached hydrogens (tertiary/aromatic N) is 2. The van der Waals surface area contributed by atoms with E-state index < -0.39 is 0 Å². The Kier molecular flexibility index (Phi) is 4.43. The van der Waals surface area contributed by atoms with Crippen LogP contribution in [0.5, 0.6) is 5.75 Å². The maximum atomic E-state index is 5.58. The van der Waals surface area contributed by atoms with Crippen molar-refractivity contribution in [1.82, 2.24) is 0 Å². The summed E-state index contributed by atoms with van der Waals surface area (Å²) in [5.74, 6) is 1.26. The Morgan fingerprint density at radius 2 is 2.19 bits per heavy atom. The van der Waals surface area contributed by atoms with E-state index in [4.69, 9.17) is 22.1 Å². The molecule has 0 amide bonds. The van der Waals surface area contributed by atoms with Crippen LogP contribution in [0.2, 0.25) is 0 Å². The van der Waals surface area contributed by atoms with Crippen molar-refractivity contribution >= 4 is 28.8 Å². The Bertz CT molecular complexity index is 391. The molecule has 1 rings (SSSR count). The first-order valence-corrected chi connectivity index (χ1v) is 5.36. The first-order valence-electron chi connectivity index (χ1n) is 4.83. The fourth-order valence-corrected chi connectivity index (χ4v) is 1.28. The lowest BCUT2D eigenvalue weighted by Crippen LogP contribution is -2.12. The molecule has 0 radical (unpaired) electrons. The van der Waals surface area contributed by atoms with E-state index in [0.717, 1.165) is 5.69 Å². The number of alkyl halides is 1. The van der Waals surface area contributed by atoms with Gasteiger partial charge in [0.15, 0.2) is 0 Å². The number of aliphatic imine (C=N–C) groups is 1. The van der Waals surface area contributed by atoms with Crippen LogP contribution in [0.4, 0.5) is 11.4 Å². The van der Waals surface area contributed by atoms with E-state index in [1.807, 2.05) is 37.2 Å². The molecule has 0 unspecified atom stereocenters. The lowest BCUT2D eigenvalue weighted by Gasteiger charge is -2.14. The number of anilines is 1. The van der Waals surface area contributed by atoms with Gasteiger partial charge >= 0.3 is 0 Å². The molecule has 0 aliphatic rings. The van der Waals surface area contributed by atoms with Crippen LogP contribution in [-0.2, 0) is 0 Å². The molecule has 0 bridgehead atoms. The van der Waals surface area contributed by atoms with Crippen LogP contribution in [0.1, 0.15) is 0 Å². The molecule has 0 aliphatic heterocycles. The van der Waals surface area contributed by atoms with Gasteiger partial charge < -0.3 is 15.4 Å². The van der Waals surface area contributed by atoms with Crippen molar-refractivity contribution in [2.45, 2.75) is 0 Å². The third kappa shape index (κ3) is 3.03. The number of ether oxygens (including phenoxy) is 1. The molecule has 4 nitrogen and oxygen atoms in total. The predicted octanol–water partition coefficient (Wildman–Crippen LogP) is 1.99. The zero-order valence-corrected chi connectivity index (χ0v) is 10.5. The summed E-state index contributed by atoms with van der Waals surface area (Å²) in [7, 11) is 5.53. The van der Waals surface area contributed by atoms with Gasteiger partial charge in [0.05, 0.1) is 13.0 Å². The third-order valence-electron chi connectivity index (χ3n) is 2.08. The number of rotatable bonds is 4.